The summed E-state index contributed by atoms with van der Waals surface area (Å²) in [6, 6.07) is 41.2. The summed E-state index contributed by atoms with van der Waals surface area (Å²) >= 11 is 0. The van der Waals surface area contributed by atoms with Crippen LogP contribution in [0.4, 0.5) is 0 Å². The van der Waals surface area contributed by atoms with Crippen LogP contribution < -0.4 is 21.3 Å². The molecular weight excluding hydrogens is 1110 g/mol. The number of likely N-dealkylation sites (tertiary alicyclic amines) is 4. The van der Waals surface area contributed by atoms with Crippen molar-refractivity contribution in [2.45, 2.75) is 126 Å². The zero-order chi connectivity index (χ0) is 60.0. The molecule has 88 heavy (non-hydrogen) atoms. The van der Waals surface area contributed by atoms with Crippen LogP contribution in [0.2, 0.25) is 0 Å². The maximum absolute atomic E-state index is 15.1. The molecule has 5 aliphatic heterocycles. The van der Waals surface area contributed by atoms with Crippen LogP contribution in [-0.2, 0) is 93.7 Å². The molecule has 24 heteroatoms. The molecule has 5 aliphatic rings. The van der Waals surface area contributed by atoms with Crippen LogP contribution in [0, 0.1) is 0 Å². The normalized spacial score (nSPS) is 20.6. The van der Waals surface area contributed by atoms with Gasteiger partial charge in [-0.1, -0.05) is 142 Å². The van der Waals surface area contributed by atoms with Gasteiger partial charge in [-0.3, -0.25) is 38.8 Å². The summed E-state index contributed by atoms with van der Waals surface area (Å²) in [5.74, 6) is -0.986. The van der Waals surface area contributed by atoms with Gasteiger partial charge in [0.25, 0.3) is 0 Å². The lowest BCUT2D eigenvalue weighted by Crippen LogP contribution is -2.55. The second kappa shape index (κ2) is 25.5. The van der Waals surface area contributed by atoms with Gasteiger partial charge in [-0.15, -0.1) is 20.4 Å². The van der Waals surface area contributed by atoms with Crippen molar-refractivity contribution in [3.05, 3.63) is 191 Å². The number of carbonyl (C=O) groups excluding carboxylic acids is 4. The number of carbonyl (C=O) groups is 4. The van der Waals surface area contributed by atoms with Crippen molar-refractivity contribution in [1.82, 2.24) is 101 Å². The molecule has 13 rings (SSSR count). The van der Waals surface area contributed by atoms with Crippen molar-refractivity contribution < 1.29 is 19.2 Å². The minimum Gasteiger partial charge on any atom is -0.348 e. The summed E-state index contributed by atoms with van der Waals surface area (Å²) in [7, 11) is 0. The van der Waals surface area contributed by atoms with Gasteiger partial charge < -0.3 is 21.3 Å². The summed E-state index contributed by atoms with van der Waals surface area (Å²) < 4.78 is 6.68. The summed E-state index contributed by atoms with van der Waals surface area (Å²) in [6.45, 7) is 8.01. The molecule has 4 N–H and O–H groups in total. The van der Waals surface area contributed by atoms with E-state index in [1.165, 1.54) is 22.3 Å². The Labute approximate surface area is 511 Å². The fourth-order valence-electron chi connectivity index (χ4n) is 13.6. The van der Waals surface area contributed by atoms with Crippen LogP contribution in [0.3, 0.4) is 0 Å². The average Bonchev–Trinajstić information content (AvgIpc) is 2.45. The SMILES string of the molecule is O=C1NCc2cn(nn2)C2(CCN(Cc3ccccc3)CC2)C(=O)NCc2cn(nn2)C2(CCN(Cc3ccccc3)CC2)C(=O)NCc2cn(nn2)C2(CCN(Cc3ccccc3)CC2)C(=O)NCc2cn(nn2)C12CCN(Cc1ccccc1)CC2. The molecule has 456 valence electrons. The number of hydrogen-bond acceptors (Lipinski definition) is 16. The number of benzene rings is 4. The van der Waals surface area contributed by atoms with Crippen molar-refractivity contribution >= 4 is 23.6 Å². The second-order valence-electron chi connectivity index (χ2n) is 24.5. The first kappa shape index (κ1) is 58.2. The largest absolute Gasteiger partial charge is 0.348 e. The predicted molar refractivity (Wildman–Crippen MR) is 323 cm³/mol. The van der Waals surface area contributed by atoms with Crippen molar-refractivity contribution in [3.8, 4) is 0 Å². The van der Waals surface area contributed by atoms with Crippen LogP contribution in [0.1, 0.15) is 96.4 Å². The first-order valence-electron chi connectivity index (χ1n) is 30.9. The molecule has 0 aliphatic carbocycles. The van der Waals surface area contributed by atoms with Crippen LogP contribution in [-0.4, -0.2) is 156 Å². The van der Waals surface area contributed by atoms with Crippen molar-refractivity contribution in [2.24, 2.45) is 0 Å². The zero-order valence-electron chi connectivity index (χ0n) is 49.6. The third kappa shape index (κ3) is 12.2. The molecule has 9 heterocycles. The molecule has 4 saturated heterocycles. The van der Waals surface area contributed by atoms with Gasteiger partial charge in [0, 0.05) is 78.5 Å². The van der Waals surface area contributed by atoms with Gasteiger partial charge in [0.05, 0.1) is 51.0 Å². The minimum absolute atomic E-state index is 0.0427. The van der Waals surface area contributed by atoms with E-state index in [0.29, 0.717) is 127 Å². The molecule has 0 radical (unpaired) electrons. The monoisotopic (exact) mass is 1190 g/mol. The number of aromatic nitrogens is 12. The molecule has 0 saturated carbocycles. The van der Waals surface area contributed by atoms with Gasteiger partial charge in [-0.05, 0) is 73.6 Å². The fourth-order valence-corrected chi connectivity index (χ4v) is 13.6. The van der Waals surface area contributed by atoms with Crippen molar-refractivity contribution in [2.75, 3.05) is 52.4 Å². The molecule has 4 aromatic heterocycles. The summed E-state index contributed by atoms with van der Waals surface area (Å²) in [4.78, 5) is 69.6. The van der Waals surface area contributed by atoms with Crippen LogP contribution >= 0.6 is 0 Å². The number of hydrogen-bond donors (Lipinski definition) is 4. The van der Waals surface area contributed by atoms with E-state index < -0.39 is 22.2 Å². The number of rotatable bonds is 8. The lowest BCUT2D eigenvalue weighted by molar-refractivity contribution is -0.134. The van der Waals surface area contributed by atoms with Gasteiger partial charge in [0.15, 0.2) is 0 Å². The average molecular weight is 1190 g/mol. The maximum atomic E-state index is 15.1. The standard InChI is InChI=1S/C64H76N20O4/c85-57-61(21-29-77(30-22-61)41-49-13-5-1-6-14-49)81-45-53(69-73-81)38-66-58(86)62(23-31-78(32-24-62)42-50-15-7-2-8-16-50)83-47-55(71-75-83)40-68-60(88)64(27-35-80(36-28-64)44-52-19-11-4-12-20-52)84-48-56(72-76-84)39-67-59(87)63(82-46-54(37-65-57)70-74-82)25-33-79(34-26-63)43-51-17-9-3-10-18-51/h1-20,45-48H,21-44H2,(H,65,85)(H,66,86)(H,67,87)(H,68,88). The number of amides is 4. The predicted octanol–water partition coefficient (Wildman–Crippen LogP) is 3.60. The molecular formula is C64H76N20O4. The smallest absolute Gasteiger partial charge is 0.248 e. The molecule has 0 unspecified atom stereocenters. The van der Waals surface area contributed by atoms with Crippen molar-refractivity contribution in [3.63, 3.8) is 0 Å². The highest BCUT2D eigenvalue weighted by Crippen LogP contribution is 2.36. The van der Waals surface area contributed by atoms with Gasteiger partial charge in [0.1, 0.15) is 44.9 Å². The van der Waals surface area contributed by atoms with E-state index in [2.05, 4.69) is 131 Å². The van der Waals surface area contributed by atoms with E-state index in [1.54, 1.807) is 43.5 Å². The molecule has 4 spiro atoms. The first-order chi connectivity index (χ1) is 43.0. The van der Waals surface area contributed by atoms with Gasteiger partial charge in [-0.25, -0.2) is 18.7 Å². The third-order valence-electron chi connectivity index (χ3n) is 19.1. The maximum Gasteiger partial charge on any atom is 0.248 e. The second-order valence-corrected chi connectivity index (χ2v) is 24.5. The van der Waals surface area contributed by atoms with Crippen LogP contribution in [0.5, 0.6) is 0 Å². The van der Waals surface area contributed by atoms with E-state index in [0.717, 1.165) is 26.2 Å². The van der Waals surface area contributed by atoms with Gasteiger partial charge in [-0.2, -0.15) is 0 Å². The molecule has 4 amide bonds. The molecule has 4 fully saturated rings. The minimum atomic E-state index is -1.13. The highest BCUT2D eigenvalue weighted by atomic mass is 16.2. The third-order valence-corrected chi connectivity index (χ3v) is 19.1. The lowest BCUT2D eigenvalue weighted by Gasteiger charge is -2.40. The Hall–Kier alpha value is -8.84. The molecule has 0 atom stereocenters. The molecule has 8 bridgehead atoms. The van der Waals surface area contributed by atoms with Crippen LogP contribution in [0.25, 0.3) is 0 Å². The lowest BCUT2D eigenvalue weighted by atomic mass is 9.86. The van der Waals surface area contributed by atoms with Gasteiger partial charge >= 0.3 is 0 Å². The summed E-state index contributed by atoms with van der Waals surface area (Å²) in [6.07, 6.45) is 10.6. The van der Waals surface area contributed by atoms with Crippen molar-refractivity contribution in [1.29, 1.82) is 0 Å². The quantitative estimate of drug-likeness (QED) is 0.170. The van der Waals surface area contributed by atoms with E-state index >= 15 is 19.2 Å². The first-order valence-corrected chi connectivity index (χ1v) is 30.9. The van der Waals surface area contributed by atoms with Crippen LogP contribution in [0.15, 0.2) is 146 Å². The number of piperidine rings is 4. The Kier molecular flexibility index (Phi) is 16.8. The van der Waals surface area contributed by atoms with Gasteiger partial charge in [0.2, 0.25) is 23.6 Å². The topological polar surface area (TPSA) is 252 Å². The number of fused-ring (bicyclic) bond motifs is 12. The van der Waals surface area contributed by atoms with E-state index in [-0.39, 0.29) is 49.8 Å². The number of nitrogens with zero attached hydrogens (tertiary/aromatic N) is 16. The molecule has 24 nitrogen and oxygen atoms in total. The summed E-state index contributed by atoms with van der Waals surface area (Å²) in [5, 5.41) is 49.8. The Morgan fingerprint density at radius 1 is 0.295 bits per heavy atom. The van der Waals surface area contributed by atoms with E-state index in [9.17, 15) is 0 Å². The Morgan fingerprint density at radius 2 is 0.489 bits per heavy atom. The van der Waals surface area contributed by atoms with E-state index in [1.807, 2.05) is 72.8 Å². The Balaban J connectivity index is 0.810. The molecule has 8 aromatic rings. The fraction of sp³-hybridized carbons (Fsp3) is 0.438. The Bertz CT molecular complexity index is 3170. The van der Waals surface area contributed by atoms with E-state index in [4.69, 9.17) is 0 Å². The summed E-state index contributed by atoms with van der Waals surface area (Å²) in [5.41, 5.74) is 2.16. The zero-order valence-corrected chi connectivity index (χ0v) is 49.6. The highest BCUT2D eigenvalue weighted by Gasteiger charge is 2.49. The number of nitrogens with one attached hydrogen (secondary N) is 4. The Morgan fingerprint density at radius 3 is 0.682 bits per heavy atom. The molecule has 4 aromatic carbocycles. The highest BCUT2D eigenvalue weighted by molar-refractivity contribution is 5.86.